The molecule has 0 aliphatic heterocycles. The molecule has 0 bridgehead atoms. The normalized spacial score (nSPS) is 13.1. The van der Waals surface area contributed by atoms with Gasteiger partial charge in [0.1, 0.15) is 0 Å². The van der Waals surface area contributed by atoms with Gasteiger partial charge in [-0.1, -0.05) is 0 Å². The summed E-state index contributed by atoms with van der Waals surface area (Å²) in [5.74, 6) is -3.79. The third-order valence-corrected chi connectivity index (χ3v) is 2.23. The fraction of sp³-hybridized carbons (Fsp3) is 0.636. The predicted molar refractivity (Wildman–Crippen MR) is 61.5 cm³/mol. The van der Waals surface area contributed by atoms with Crippen molar-refractivity contribution in [3.63, 3.8) is 0 Å². The number of hydrogen-bond donors (Lipinski definition) is 0. The smallest absolute Gasteiger partial charge is 0.469 e. The number of hydrogen-bond acceptors (Lipinski definition) is 9. The van der Waals surface area contributed by atoms with Crippen LogP contribution in [0.1, 0.15) is 17.0 Å². The van der Waals surface area contributed by atoms with Crippen LogP contribution < -0.4 is 0 Å². The second kappa shape index (κ2) is 7.97. The SMILES string of the molecule is [2H]C([2H])([2H])OC(=O)C(CC(=O)OC)(CC(=O)OC)OC(=O)OC. The molecule has 0 unspecified atom stereocenters. The Kier molecular flexibility index (Phi) is 5.06. The van der Waals surface area contributed by atoms with E-state index in [1.807, 2.05) is 0 Å². The van der Waals surface area contributed by atoms with Crippen molar-refractivity contribution in [3.8, 4) is 0 Å². The summed E-state index contributed by atoms with van der Waals surface area (Å²) in [4.78, 5) is 46.4. The number of carbonyl (C=O) groups is 4. The highest BCUT2D eigenvalue weighted by atomic mass is 16.7. The fourth-order valence-electron chi connectivity index (χ4n) is 1.23. The van der Waals surface area contributed by atoms with Crippen LogP contribution >= 0.6 is 0 Å². The zero-order valence-electron chi connectivity index (χ0n) is 14.1. The molecule has 0 saturated carbocycles. The van der Waals surface area contributed by atoms with Gasteiger partial charge in [0.2, 0.25) is 5.60 Å². The van der Waals surface area contributed by atoms with Crippen LogP contribution in [0.3, 0.4) is 0 Å². The molecule has 20 heavy (non-hydrogen) atoms. The number of methoxy groups -OCH3 is 4. The number of rotatable bonds is 6. The Morgan fingerprint density at radius 2 is 1.40 bits per heavy atom. The van der Waals surface area contributed by atoms with Gasteiger partial charge in [-0.25, -0.2) is 9.59 Å². The van der Waals surface area contributed by atoms with Crippen LogP contribution in [0.15, 0.2) is 0 Å². The molecule has 0 saturated heterocycles. The first-order chi connectivity index (χ1) is 10.5. The maximum Gasteiger partial charge on any atom is 0.509 e. The van der Waals surface area contributed by atoms with Crippen molar-refractivity contribution in [1.82, 2.24) is 0 Å². The van der Waals surface area contributed by atoms with Gasteiger partial charge in [-0.2, -0.15) is 0 Å². The van der Waals surface area contributed by atoms with Crippen molar-refractivity contribution in [3.05, 3.63) is 0 Å². The molecule has 0 atom stereocenters. The zero-order chi connectivity index (χ0) is 18.3. The molecule has 9 nitrogen and oxygen atoms in total. The van der Waals surface area contributed by atoms with Gasteiger partial charge in [0.25, 0.3) is 0 Å². The minimum absolute atomic E-state index is 0.901. The molecule has 9 heteroatoms. The Morgan fingerprint density at radius 3 is 1.75 bits per heavy atom. The van der Waals surface area contributed by atoms with Crippen molar-refractivity contribution in [2.24, 2.45) is 0 Å². The average Bonchev–Trinajstić information content (AvgIpc) is 2.44. The highest BCUT2D eigenvalue weighted by molar-refractivity contribution is 5.91. The molecule has 0 aromatic rings. The van der Waals surface area contributed by atoms with Gasteiger partial charge in [0.15, 0.2) is 0 Å². The molecule has 0 rings (SSSR count). The summed E-state index contributed by atoms with van der Waals surface area (Å²) in [6, 6.07) is 0. The summed E-state index contributed by atoms with van der Waals surface area (Å²) in [6.07, 6.45) is -3.41. The van der Waals surface area contributed by atoms with Gasteiger partial charge in [0, 0.05) is 0 Å². The number of ether oxygens (including phenoxy) is 5. The molecule has 0 radical (unpaired) electrons. The van der Waals surface area contributed by atoms with Crippen molar-refractivity contribution in [1.29, 1.82) is 0 Å². The van der Waals surface area contributed by atoms with Gasteiger partial charge in [-0.15, -0.1) is 0 Å². The van der Waals surface area contributed by atoms with Gasteiger partial charge < -0.3 is 23.7 Å². The second-order valence-corrected chi connectivity index (χ2v) is 3.45. The molecule has 0 aliphatic carbocycles. The Balaban J connectivity index is 5.78. The fourth-order valence-corrected chi connectivity index (χ4v) is 1.23. The van der Waals surface area contributed by atoms with Crippen LogP contribution in [-0.4, -0.2) is 58.0 Å². The highest BCUT2D eigenvalue weighted by Gasteiger charge is 2.49. The third-order valence-electron chi connectivity index (χ3n) is 2.23. The Hall–Kier alpha value is -2.32. The lowest BCUT2D eigenvalue weighted by Gasteiger charge is -2.27. The molecular formula is C11H16O9. The van der Waals surface area contributed by atoms with E-state index in [0.717, 1.165) is 21.3 Å². The minimum atomic E-state index is -3.20. The molecule has 0 spiro atoms. The molecule has 0 aromatic heterocycles. The Bertz CT molecular complexity index is 426. The predicted octanol–water partition coefficient (Wildman–Crippen LogP) is -0.193. The maximum atomic E-state index is 12.1. The van der Waals surface area contributed by atoms with E-state index < -0.39 is 49.5 Å². The minimum Gasteiger partial charge on any atom is -0.469 e. The van der Waals surface area contributed by atoms with Crippen LogP contribution in [0.4, 0.5) is 4.79 Å². The first-order valence-electron chi connectivity index (χ1n) is 6.63. The van der Waals surface area contributed by atoms with E-state index in [2.05, 4.69) is 23.7 Å². The topological polar surface area (TPSA) is 114 Å². The summed E-state index contributed by atoms with van der Waals surface area (Å²) >= 11 is 0. The summed E-state index contributed by atoms with van der Waals surface area (Å²) in [6.45, 7) is 0. The zero-order valence-corrected chi connectivity index (χ0v) is 11.1. The van der Waals surface area contributed by atoms with E-state index in [9.17, 15) is 19.2 Å². The quantitative estimate of drug-likeness (QED) is 0.485. The van der Waals surface area contributed by atoms with Gasteiger partial charge in [-0.3, -0.25) is 9.59 Å². The molecular weight excluding hydrogens is 276 g/mol. The lowest BCUT2D eigenvalue weighted by molar-refractivity contribution is -0.176. The third kappa shape index (κ3) is 4.75. The largest absolute Gasteiger partial charge is 0.509 e. The summed E-state index contributed by atoms with van der Waals surface area (Å²) < 4.78 is 42.4. The Labute approximate surface area is 119 Å². The summed E-state index contributed by atoms with van der Waals surface area (Å²) in [5.41, 5.74) is -2.61. The van der Waals surface area contributed by atoms with E-state index in [4.69, 9.17) is 4.11 Å². The number of carbonyl (C=O) groups excluding carboxylic acids is 4. The standard InChI is InChI=1S/C11H16O9/c1-16-7(12)5-11(9(14)18-3,6-8(13)17-2)20-10(15)19-4/h5-6H2,1-4H3/i3D3. The van der Waals surface area contributed by atoms with Crippen LogP contribution in [0, 0.1) is 0 Å². The summed E-state index contributed by atoms with van der Waals surface area (Å²) in [7, 11) is -0.358. The second-order valence-electron chi connectivity index (χ2n) is 3.45. The lowest BCUT2D eigenvalue weighted by Crippen LogP contribution is -2.48. The number of esters is 3. The van der Waals surface area contributed by atoms with Crippen molar-refractivity contribution in [2.45, 2.75) is 18.4 Å². The average molecular weight is 295 g/mol. The van der Waals surface area contributed by atoms with Gasteiger partial charge >= 0.3 is 24.1 Å². The molecule has 114 valence electrons. The van der Waals surface area contributed by atoms with E-state index >= 15 is 0 Å². The molecule has 0 N–H and O–H groups in total. The maximum absolute atomic E-state index is 12.1. The molecule has 0 aliphatic rings. The monoisotopic (exact) mass is 295 g/mol. The molecule has 0 heterocycles. The van der Waals surface area contributed by atoms with E-state index in [0.29, 0.717) is 0 Å². The van der Waals surface area contributed by atoms with Crippen molar-refractivity contribution in [2.75, 3.05) is 28.4 Å². The van der Waals surface area contributed by atoms with Crippen LogP contribution in [0.2, 0.25) is 0 Å². The highest BCUT2D eigenvalue weighted by Crippen LogP contribution is 2.25. The van der Waals surface area contributed by atoms with Gasteiger partial charge in [-0.05, 0) is 0 Å². The molecule has 0 amide bonds. The van der Waals surface area contributed by atoms with Crippen LogP contribution in [0.5, 0.6) is 0 Å². The van der Waals surface area contributed by atoms with Crippen molar-refractivity contribution >= 4 is 24.1 Å². The van der Waals surface area contributed by atoms with Crippen molar-refractivity contribution < 1.29 is 47.0 Å². The van der Waals surface area contributed by atoms with Crippen LogP contribution in [-0.2, 0) is 38.1 Å². The molecule has 0 fully saturated rings. The lowest BCUT2D eigenvalue weighted by atomic mass is 9.95. The Morgan fingerprint density at radius 1 is 0.900 bits per heavy atom. The van der Waals surface area contributed by atoms with Crippen LogP contribution in [0.25, 0.3) is 0 Å². The summed E-state index contributed by atoms with van der Waals surface area (Å²) in [5, 5.41) is 0. The van der Waals surface area contributed by atoms with E-state index in [1.54, 1.807) is 0 Å². The van der Waals surface area contributed by atoms with E-state index in [1.165, 1.54) is 0 Å². The first kappa shape index (κ1) is 12.7. The van der Waals surface area contributed by atoms with E-state index in [-0.39, 0.29) is 0 Å². The molecule has 0 aromatic carbocycles. The van der Waals surface area contributed by atoms with Gasteiger partial charge in [0.05, 0.1) is 45.3 Å². The first-order valence-corrected chi connectivity index (χ1v) is 5.13.